The highest BCUT2D eigenvalue weighted by Crippen LogP contribution is 2.28. The van der Waals surface area contributed by atoms with Crippen molar-refractivity contribution < 1.29 is 14.2 Å². The van der Waals surface area contributed by atoms with Gasteiger partial charge in [0, 0.05) is 40.5 Å². The highest BCUT2D eigenvalue weighted by atomic mass is 16.5. The van der Waals surface area contributed by atoms with Crippen molar-refractivity contribution in [2.45, 2.75) is 19.3 Å². The molecule has 0 spiro atoms. The summed E-state index contributed by atoms with van der Waals surface area (Å²) in [5, 5.41) is 6.47. The molecule has 2 N–H and O–H groups in total. The molecule has 1 aliphatic carbocycles. The Kier molecular flexibility index (Phi) is 10.3. The van der Waals surface area contributed by atoms with E-state index >= 15 is 0 Å². The van der Waals surface area contributed by atoms with Crippen molar-refractivity contribution in [2.75, 3.05) is 60.3 Å². The molecule has 0 saturated heterocycles. The Morgan fingerprint density at radius 3 is 2.55 bits per heavy atom. The van der Waals surface area contributed by atoms with Crippen LogP contribution >= 0.6 is 0 Å². The SMILES string of the molecule is CN=C(NCCCOCCOC)NCCOCC1CC1. The van der Waals surface area contributed by atoms with E-state index in [2.05, 4.69) is 15.6 Å². The van der Waals surface area contributed by atoms with E-state index in [9.17, 15) is 0 Å². The largest absolute Gasteiger partial charge is 0.382 e. The molecule has 6 heteroatoms. The number of rotatable bonds is 12. The molecule has 1 aliphatic rings. The second-order valence-corrected chi connectivity index (χ2v) is 4.90. The molecule has 0 aliphatic heterocycles. The normalized spacial score (nSPS) is 15.4. The number of nitrogens with one attached hydrogen (secondary N) is 2. The molecule has 0 aromatic carbocycles. The Balaban J connectivity index is 1.85. The van der Waals surface area contributed by atoms with Crippen LogP contribution in [0, 0.1) is 5.92 Å². The average molecular weight is 287 g/mol. The van der Waals surface area contributed by atoms with Crippen LogP contribution in [0.1, 0.15) is 19.3 Å². The smallest absolute Gasteiger partial charge is 0.191 e. The summed E-state index contributed by atoms with van der Waals surface area (Å²) in [4.78, 5) is 4.16. The highest BCUT2D eigenvalue weighted by molar-refractivity contribution is 5.79. The number of nitrogens with zero attached hydrogens (tertiary/aromatic N) is 1. The molecule has 20 heavy (non-hydrogen) atoms. The molecule has 0 amide bonds. The number of aliphatic imine (C=N–C) groups is 1. The van der Waals surface area contributed by atoms with Crippen LogP contribution in [-0.2, 0) is 14.2 Å². The fraction of sp³-hybridized carbons (Fsp3) is 0.929. The van der Waals surface area contributed by atoms with Crippen LogP contribution in [0.2, 0.25) is 0 Å². The third-order valence-corrected chi connectivity index (χ3v) is 3.00. The Bertz CT molecular complexity index is 258. The van der Waals surface area contributed by atoms with Gasteiger partial charge in [0.15, 0.2) is 5.96 Å². The molecular formula is C14H29N3O3. The molecule has 0 heterocycles. The number of ether oxygens (including phenoxy) is 3. The predicted octanol–water partition coefficient (Wildman–Crippen LogP) is 0.631. The summed E-state index contributed by atoms with van der Waals surface area (Å²) < 4.78 is 15.8. The fourth-order valence-electron chi connectivity index (χ4n) is 1.62. The number of guanidine groups is 1. The van der Waals surface area contributed by atoms with Crippen molar-refractivity contribution in [1.29, 1.82) is 0 Å². The summed E-state index contributed by atoms with van der Waals surface area (Å²) in [6, 6.07) is 0. The Morgan fingerprint density at radius 2 is 1.85 bits per heavy atom. The van der Waals surface area contributed by atoms with Gasteiger partial charge in [0.1, 0.15) is 0 Å². The molecule has 0 bridgehead atoms. The fourth-order valence-corrected chi connectivity index (χ4v) is 1.62. The summed E-state index contributed by atoms with van der Waals surface area (Å²) in [6.07, 6.45) is 3.62. The minimum atomic E-state index is 0.650. The zero-order valence-corrected chi connectivity index (χ0v) is 12.8. The van der Waals surface area contributed by atoms with Crippen LogP contribution in [0.25, 0.3) is 0 Å². The average Bonchev–Trinajstić information content (AvgIpc) is 3.28. The lowest BCUT2D eigenvalue weighted by Gasteiger charge is -2.12. The maximum absolute atomic E-state index is 5.56. The van der Waals surface area contributed by atoms with Crippen LogP contribution in [0.5, 0.6) is 0 Å². The molecule has 6 nitrogen and oxygen atoms in total. The molecule has 0 aromatic rings. The molecule has 1 saturated carbocycles. The van der Waals surface area contributed by atoms with Crippen molar-refractivity contribution in [2.24, 2.45) is 10.9 Å². The van der Waals surface area contributed by atoms with Crippen molar-refractivity contribution in [3.63, 3.8) is 0 Å². The van der Waals surface area contributed by atoms with Crippen LogP contribution in [0.3, 0.4) is 0 Å². The predicted molar refractivity (Wildman–Crippen MR) is 80.2 cm³/mol. The monoisotopic (exact) mass is 287 g/mol. The second kappa shape index (κ2) is 11.9. The third-order valence-electron chi connectivity index (χ3n) is 3.00. The van der Waals surface area contributed by atoms with Gasteiger partial charge in [-0.3, -0.25) is 4.99 Å². The summed E-state index contributed by atoms with van der Waals surface area (Å²) in [5.41, 5.74) is 0. The molecule has 0 aromatic heterocycles. The van der Waals surface area contributed by atoms with E-state index < -0.39 is 0 Å². The van der Waals surface area contributed by atoms with E-state index in [0.717, 1.165) is 51.2 Å². The van der Waals surface area contributed by atoms with Gasteiger partial charge in [-0.1, -0.05) is 0 Å². The van der Waals surface area contributed by atoms with Crippen LogP contribution in [-0.4, -0.2) is 66.2 Å². The maximum atomic E-state index is 5.56. The van der Waals surface area contributed by atoms with Gasteiger partial charge < -0.3 is 24.8 Å². The first kappa shape index (κ1) is 17.2. The van der Waals surface area contributed by atoms with E-state index in [1.165, 1.54) is 12.8 Å². The van der Waals surface area contributed by atoms with Crippen LogP contribution in [0.4, 0.5) is 0 Å². The standard InChI is InChI=1S/C14H29N3O3/c1-15-14(16-6-3-8-19-11-10-18-2)17-7-9-20-12-13-4-5-13/h13H,3-12H2,1-2H3,(H2,15,16,17). The van der Waals surface area contributed by atoms with Gasteiger partial charge in [0.2, 0.25) is 0 Å². The van der Waals surface area contributed by atoms with Gasteiger partial charge >= 0.3 is 0 Å². The van der Waals surface area contributed by atoms with Crippen molar-refractivity contribution in [1.82, 2.24) is 10.6 Å². The lowest BCUT2D eigenvalue weighted by Crippen LogP contribution is -2.39. The molecule has 118 valence electrons. The van der Waals surface area contributed by atoms with Gasteiger partial charge in [-0.15, -0.1) is 0 Å². The Morgan fingerprint density at radius 1 is 1.05 bits per heavy atom. The molecule has 0 unspecified atom stereocenters. The highest BCUT2D eigenvalue weighted by Gasteiger charge is 2.20. The van der Waals surface area contributed by atoms with Crippen molar-refractivity contribution in [3.05, 3.63) is 0 Å². The lowest BCUT2D eigenvalue weighted by molar-refractivity contribution is 0.0698. The number of methoxy groups -OCH3 is 1. The Hall–Kier alpha value is -0.850. The van der Waals surface area contributed by atoms with E-state index in [1.54, 1.807) is 14.2 Å². The van der Waals surface area contributed by atoms with E-state index in [0.29, 0.717) is 13.2 Å². The maximum Gasteiger partial charge on any atom is 0.191 e. The van der Waals surface area contributed by atoms with Gasteiger partial charge in [-0.25, -0.2) is 0 Å². The van der Waals surface area contributed by atoms with Gasteiger partial charge in [-0.2, -0.15) is 0 Å². The van der Waals surface area contributed by atoms with Crippen molar-refractivity contribution in [3.8, 4) is 0 Å². The first-order chi connectivity index (χ1) is 9.86. The van der Waals surface area contributed by atoms with E-state index in [-0.39, 0.29) is 0 Å². The van der Waals surface area contributed by atoms with Gasteiger partial charge in [0.05, 0.1) is 19.8 Å². The summed E-state index contributed by atoms with van der Waals surface area (Å²) in [5.74, 6) is 1.64. The first-order valence-electron chi connectivity index (χ1n) is 7.45. The second-order valence-electron chi connectivity index (χ2n) is 4.90. The van der Waals surface area contributed by atoms with Gasteiger partial charge in [0.25, 0.3) is 0 Å². The molecule has 1 rings (SSSR count). The summed E-state index contributed by atoms with van der Waals surface area (Å²) >= 11 is 0. The zero-order chi connectivity index (χ0) is 14.5. The zero-order valence-electron chi connectivity index (χ0n) is 12.8. The molecular weight excluding hydrogens is 258 g/mol. The quantitative estimate of drug-likeness (QED) is 0.313. The van der Waals surface area contributed by atoms with E-state index in [4.69, 9.17) is 14.2 Å². The van der Waals surface area contributed by atoms with Crippen LogP contribution in [0.15, 0.2) is 4.99 Å². The molecule has 0 atom stereocenters. The molecule has 0 radical (unpaired) electrons. The van der Waals surface area contributed by atoms with E-state index in [1.807, 2.05) is 0 Å². The topological polar surface area (TPSA) is 64.1 Å². The summed E-state index contributed by atoms with van der Waals surface area (Å²) in [7, 11) is 3.45. The lowest BCUT2D eigenvalue weighted by atomic mass is 10.4. The third kappa shape index (κ3) is 10.00. The van der Waals surface area contributed by atoms with Crippen LogP contribution < -0.4 is 10.6 Å². The van der Waals surface area contributed by atoms with Crippen molar-refractivity contribution >= 4 is 5.96 Å². The molecule has 1 fully saturated rings. The number of hydrogen-bond acceptors (Lipinski definition) is 4. The minimum absolute atomic E-state index is 0.650. The minimum Gasteiger partial charge on any atom is -0.382 e. The summed E-state index contributed by atoms with van der Waals surface area (Å²) in [6.45, 7) is 5.31. The Labute approximate surface area is 122 Å². The number of hydrogen-bond donors (Lipinski definition) is 2. The first-order valence-corrected chi connectivity index (χ1v) is 7.45. The van der Waals surface area contributed by atoms with Gasteiger partial charge in [-0.05, 0) is 25.2 Å².